The van der Waals surface area contributed by atoms with Crippen molar-refractivity contribution in [1.82, 2.24) is 9.47 Å². The average molecular weight is 524 g/mol. The van der Waals surface area contributed by atoms with Gasteiger partial charge in [0.2, 0.25) is 14.3 Å². The molecule has 1 aliphatic heterocycles. The fraction of sp³-hybridized carbons (Fsp3) is 0.586. The number of rotatable bonds is 7. The molecular formula is C29H45N5O2Si. The number of ether oxygens (including phenoxy) is 1. The van der Waals surface area contributed by atoms with E-state index in [1.807, 2.05) is 23.1 Å². The number of benzene rings is 1. The van der Waals surface area contributed by atoms with Crippen LogP contribution in [0.2, 0.25) is 16.6 Å². The zero-order valence-electron chi connectivity index (χ0n) is 23.3. The second kappa shape index (κ2) is 11.1. The van der Waals surface area contributed by atoms with Crippen molar-refractivity contribution in [3.63, 3.8) is 0 Å². The maximum absolute atomic E-state index is 8.95. The van der Waals surface area contributed by atoms with Crippen LogP contribution in [0, 0.1) is 10.8 Å². The normalized spacial score (nSPS) is 22.1. The summed E-state index contributed by atoms with van der Waals surface area (Å²) in [5.74, 6) is 0.965. The molecule has 0 unspecified atom stereocenters. The highest BCUT2D eigenvalue weighted by Crippen LogP contribution is 2.44. The fourth-order valence-electron chi connectivity index (χ4n) is 6.66. The second-order valence-electron chi connectivity index (χ2n) is 11.7. The molecule has 0 radical (unpaired) electrons. The third-order valence-electron chi connectivity index (χ3n) is 8.43. The van der Waals surface area contributed by atoms with Gasteiger partial charge in [-0.1, -0.05) is 65.8 Å². The van der Waals surface area contributed by atoms with Crippen molar-refractivity contribution in [2.75, 3.05) is 13.1 Å². The first-order chi connectivity index (χ1) is 17.5. The third kappa shape index (κ3) is 5.42. The van der Waals surface area contributed by atoms with Crippen LogP contribution >= 0.6 is 0 Å². The molecule has 0 saturated carbocycles. The van der Waals surface area contributed by atoms with E-state index in [0.717, 1.165) is 36.9 Å². The average Bonchev–Trinajstić information content (AvgIpc) is 3.33. The maximum atomic E-state index is 8.95. The van der Waals surface area contributed by atoms with E-state index in [0.29, 0.717) is 34.9 Å². The Hall–Kier alpha value is -2.42. The number of fused-ring (bicyclic) bond motifs is 1. The first kappa shape index (κ1) is 27.6. The van der Waals surface area contributed by atoms with Gasteiger partial charge in [0.05, 0.1) is 12.3 Å². The van der Waals surface area contributed by atoms with Gasteiger partial charge >= 0.3 is 0 Å². The van der Waals surface area contributed by atoms with Gasteiger partial charge in [0, 0.05) is 19.1 Å². The zero-order chi connectivity index (χ0) is 26.9. The van der Waals surface area contributed by atoms with Crippen molar-refractivity contribution in [2.45, 2.75) is 95.7 Å². The summed E-state index contributed by atoms with van der Waals surface area (Å²) in [6.45, 7) is 15.3. The maximum Gasteiger partial charge on any atom is 0.203 e. The van der Waals surface area contributed by atoms with Crippen LogP contribution in [-0.4, -0.2) is 42.9 Å². The van der Waals surface area contributed by atoms with Gasteiger partial charge in [-0.3, -0.25) is 15.4 Å². The molecule has 202 valence electrons. The fourth-order valence-corrected chi connectivity index (χ4v) is 12.2. The zero-order valence-corrected chi connectivity index (χ0v) is 24.3. The van der Waals surface area contributed by atoms with Crippen molar-refractivity contribution in [3.05, 3.63) is 59.2 Å². The molecule has 37 heavy (non-hydrogen) atoms. The van der Waals surface area contributed by atoms with Crippen molar-refractivity contribution in [2.24, 2.45) is 5.73 Å². The lowest BCUT2D eigenvalue weighted by Gasteiger charge is -2.44. The van der Waals surface area contributed by atoms with E-state index >= 15 is 0 Å². The smallest absolute Gasteiger partial charge is 0.203 e. The third-order valence-corrected chi connectivity index (χ3v) is 14.6. The Balaban J connectivity index is 1.49. The molecule has 2 heterocycles. The largest absolute Gasteiger partial charge is 0.484 e. The molecule has 2 aromatic rings. The van der Waals surface area contributed by atoms with E-state index in [4.69, 9.17) is 25.7 Å². The molecule has 0 bridgehead atoms. The molecule has 4 rings (SSSR count). The number of pyridine rings is 1. The number of aromatic nitrogens is 1. The highest BCUT2D eigenvalue weighted by molar-refractivity contribution is 6.77. The van der Waals surface area contributed by atoms with Crippen LogP contribution in [0.15, 0.2) is 42.6 Å². The van der Waals surface area contributed by atoms with Crippen LogP contribution in [0.3, 0.4) is 0 Å². The van der Waals surface area contributed by atoms with Crippen LogP contribution in [0.5, 0.6) is 5.75 Å². The molecule has 7 nitrogen and oxygen atoms in total. The predicted molar refractivity (Wildman–Crippen MR) is 151 cm³/mol. The molecule has 1 saturated heterocycles. The van der Waals surface area contributed by atoms with Crippen molar-refractivity contribution in [3.8, 4) is 5.75 Å². The molecule has 1 aromatic carbocycles. The van der Waals surface area contributed by atoms with Gasteiger partial charge < -0.3 is 19.8 Å². The van der Waals surface area contributed by atoms with Gasteiger partial charge in [0.15, 0.2) is 0 Å². The van der Waals surface area contributed by atoms with E-state index in [-0.39, 0.29) is 23.7 Å². The first-order valence-electron chi connectivity index (χ1n) is 13.8. The Labute approximate surface area is 223 Å². The second-order valence-corrected chi connectivity index (χ2v) is 17.1. The summed E-state index contributed by atoms with van der Waals surface area (Å²) in [6, 6.07) is 11.8. The minimum atomic E-state index is -1.99. The highest BCUT2D eigenvalue weighted by atomic mass is 28.4. The minimum absolute atomic E-state index is 0.0407. The predicted octanol–water partition coefficient (Wildman–Crippen LogP) is 5.93. The Morgan fingerprint density at radius 3 is 2.24 bits per heavy atom. The van der Waals surface area contributed by atoms with Crippen molar-refractivity contribution in [1.29, 1.82) is 10.8 Å². The molecular weight excluding hydrogens is 478 g/mol. The summed E-state index contributed by atoms with van der Waals surface area (Å²) in [6.07, 6.45) is 4.45. The summed E-state index contributed by atoms with van der Waals surface area (Å²) in [5.41, 5.74) is 10.5. The number of nitrogens with one attached hydrogen (secondary N) is 2. The lowest BCUT2D eigenvalue weighted by Crippen LogP contribution is -2.51. The Bertz CT molecular complexity index is 1140. The Kier molecular flexibility index (Phi) is 8.31. The topological polar surface area (TPSA) is 100 Å². The van der Waals surface area contributed by atoms with Crippen LogP contribution in [0.25, 0.3) is 0 Å². The molecule has 0 amide bonds. The standard InChI is InChI=1S/C29H45N5O2Si/c1-19(2)37(20(3)4,21(5)6)36-23-15-16-33(17-23)29(32)34-18-22(11-14-28(34)31)35-27-13-12-26(30)24-9-7-8-10-25(24)27/h7-11,14,18-21,23,26-27,31-32H,12-13,15-17,30H2,1-6H3/t23-,26-,27+/m0/s1. The van der Waals surface area contributed by atoms with Crippen LogP contribution < -0.4 is 16.0 Å². The number of hydrogen-bond donors (Lipinski definition) is 3. The molecule has 2 aliphatic rings. The van der Waals surface area contributed by atoms with Gasteiger partial charge in [-0.2, -0.15) is 0 Å². The van der Waals surface area contributed by atoms with Gasteiger partial charge in [-0.25, -0.2) is 0 Å². The lowest BCUT2D eigenvalue weighted by molar-refractivity contribution is 0.175. The van der Waals surface area contributed by atoms with Crippen LogP contribution in [-0.2, 0) is 4.43 Å². The van der Waals surface area contributed by atoms with Crippen LogP contribution in [0.4, 0.5) is 0 Å². The summed E-state index contributed by atoms with van der Waals surface area (Å²) >= 11 is 0. The van der Waals surface area contributed by atoms with Gasteiger partial charge in [-0.15, -0.1) is 0 Å². The summed E-state index contributed by atoms with van der Waals surface area (Å²) < 4.78 is 15.0. The number of hydrogen-bond acceptors (Lipinski definition) is 5. The molecule has 0 spiro atoms. The van der Waals surface area contributed by atoms with Gasteiger partial charge in [0.1, 0.15) is 17.3 Å². The van der Waals surface area contributed by atoms with Crippen molar-refractivity contribution < 1.29 is 9.16 Å². The molecule has 1 aromatic heterocycles. The SMILES string of the molecule is CC(C)[Si](O[C@H]1CCN(C(=N)n2cc(O[C@@H]3CC[C@H](N)c4ccccc43)ccc2=N)C1)(C(C)C)C(C)C. The monoisotopic (exact) mass is 523 g/mol. The highest BCUT2D eigenvalue weighted by Gasteiger charge is 2.47. The van der Waals surface area contributed by atoms with E-state index in [9.17, 15) is 0 Å². The first-order valence-corrected chi connectivity index (χ1v) is 16.0. The summed E-state index contributed by atoms with van der Waals surface area (Å²) in [4.78, 5) is 2.04. The van der Waals surface area contributed by atoms with E-state index in [2.05, 4.69) is 53.7 Å². The summed E-state index contributed by atoms with van der Waals surface area (Å²) in [7, 11) is -1.99. The number of nitrogens with two attached hydrogens (primary N) is 1. The number of likely N-dealkylation sites (tertiary alicyclic amines) is 1. The molecule has 1 fully saturated rings. The summed E-state index contributed by atoms with van der Waals surface area (Å²) in [5, 5.41) is 17.4. The van der Waals surface area contributed by atoms with Gasteiger partial charge in [-0.05, 0) is 59.1 Å². The van der Waals surface area contributed by atoms with Crippen LogP contribution in [0.1, 0.15) is 84.1 Å². The van der Waals surface area contributed by atoms with Crippen molar-refractivity contribution >= 4 is 14.3 Å². The van der Waals surface area contributed by atoms with E-state index < -0.39 is 8.32 Å². The molecule has 4 N–H and O–H groups in total. The number of nitrogens with zero attached hydrogens (tertiary/aromatic N) is 2. The van der Waals surface area contributed by atoms with E-state index in [1.54, 1.807) is 16.8 Å². The van der Waals surface area contributed by atoms with Gasteiger partial charge in [0.25, 0.3) is 0 Å². The quantitative estimate of drug-likeness (QED) is 0.238. The minimum Gasteiger partial charge on any atom is -0.484 e. The lowest BCUT2D eigenvalue weighted by atomic mass is 9.86. The molecule has 3 atom stereocenters. The van der Waals surface area contributed by atoms with E-state index in [1.165, 1.54) is 0 Å². The Morgan fingerprint density at radius 2 is 1.59 bits per heavy atom. The molecule has 8 heteroatoms. The Morgan fingerprint density at radius 1 is 0.946 bits per heavy atom. The molecule has 1 aliphatic carbocycles.